The van der Waals surface area contributed by atoms with Gasteiger partial charge in [-0.25, -0.2) is 0 Å². The van der Waals surface area contributed by atoms with Crippen molar-refractivity contribution < 1.29 is 35.4 Å². The van der Waals surface area contributed by atoms with Crippen LogP contribution in [-0.4, -0.2) is 13.0 Å². The Balaban J connectivity index is 0.00000121. The van der Waals surface area contributed by atoms with Gasteiger partial charge in [-0.3, -0.25) is 4.55 Å². The van der Waals surface area contributed by atoms with Crippen LogP contribution in [-0.2, 0) is 32.5 Å². The van der Waals surface area contributed by atoms with E-state index in [0.29, 0.717) is 0 Å². The molecule has 1 rings (SSSR count). The van der Waals surface area contributed by atoms with Crippen molar-refractivity contribution in [3.8, 4) is 0 Å². The average Bonchev–Trinajstić information content (AvgIpc) is 1.86. The fourth-order valence-corrected chi connectivity index (χ4v) is 1.19. The molecule has 0 fully saturated rings. The summed E-state index contributed by atoms with van der Waals surface area (Å²) < 4.78 is 29.6. The monoisotopic (exact) mass is 369 g/mol. The van der Waals surface area contributed by atoms with Crippen molar-refractivity contribution in [2.75, 3.05) is 0 Å². The van der Waals surface area contributed by atoms with Gasteiger partial charge >= 0.3 is 0 Å². The summed E-state index contributed by atoms with van der Waals surface area (Å²) >= 11 is 0. The first-order valence-corrected chi connectivity index (χ1v) is 4.48. The molecule has 0 saturated carbocycles. The molecule has 1 aromatic rings. The van der Waals surface area contributed by atoms with E-state index >= 15 is 0 Å². The van der Waals surface area contributed by atoms with Gasteiger partial charge in [-0.1, -0.05) is 17.7 Å². The Hall–Kier alpha value is -0.130. The van der Waals surface area contributed by atoms with E-state index in [4.69, 9.17) is 4.55 Å². The predicted molar refractivity (Wildman–Crippen MR) is 41.0 cm³/mol. The van der Waals surface area contributed by atoms with Crippen LogP contribution >= 0.6 is 0 Å². The molecule has 1 radical (unpaired) electrons. The van der Waals surface area contributed by atoms with Gasteiger partial charge in [-0.2, -0.15) is 8.42 Å². The van der Waals surface area contributed by atoms with E-state index < -0.39 is 10.1 Å². The Morgan fingerprint density at radius 2 is 1.58 bits per heavy atom. The van der Waals surface area contributed by atoms with E-state index in [1.54, 1.807) is 12.1 Å². The van der Waals surface area contributed by atoms with Gasteiger partial charge in [0.2, 0.25) is 0 Å². The summed E-state index contributed by atoms with van der Waals surface area (Å²) in [5.74, 6) is 0. The molecule has 0 aliphatic carbocycles. The molecule has 5 heteroatoms. The van der Waals surface area contributed by atoms with Gasteiger partial charge in [0.05, 0.1) is 4.90 Å². The number of aryl methyl sites for hydroxylation is 1. The summed E-state index contributed by atoms with van der Waals surface area (Å²) in [6.45, 7) is 1.84. The van der Waals surface area contributed by atoms with Crippen LogP contribution in [0, 0.1) is 6.92 Å². The molecule has 0 aliphatic rings. The molecule has 71 valence electrons. The van der Waals surface area contributed by atoms with Gasteiger partial charge in [0.25, 0.3) is 10.1 Å². The number of hydrogen-bond acceptors (Lipinski definition) is 2. The van der Waals surface area contributed by atoms with Gasteiger partial charge in [0.1, 0.15) is 0 Å². The summed E-state index contributed by atoms with van der Waals surface area (Å²) in [7, 11) is -4.02. The van der Waals surface area contributed by atoms with Crippen LogP contribution in [0.4, 0.5) is 0 Å². The molecule has 0 heterocycles. The zero-order valence-corrected chi connectivity index (χ0v) is 9.27. The molecule has 3 nitrogen and oxygen atoms in total. The van der Waals surface area contributed by atoms with E-state index in [1.807, 2.05) is 6.92 Å². The third-order valence-corrected chi connectivity index (χ3v) is 2.19. The second-order valence-corrected chi connectivity index (χ2v) is 3.71. The summed E-state index contributed by atoms with van der Waals surface area (Å²) in [5, 5.41) is 0. The summed E-state index contributed by atoms with van der Waals surface area (Å²) in [4.78, 5) is -0.0666. The molecule has 0 aliphatic heterocycles. The van der Waals surface area contributed by atoms with Gasteiger partial charge < -0.3 is 0 Å². The van der Waals surface area contributed by atoms with E-state index in [9.17, 15) is 8.42 Å². The van der Waals surface area contributed by atoms with Crippen molar-refractivity contribution in [1.82, 2.24) is 0 Å². The normalized spacial score (nSPS) is 10.5. The average molecular weight is 369 g/mol. The van der Waals surface area contributed by atoms with Crippen LogP contribution < -0.4 is 0 Å². The molecule has 1 N–H and O–H groups in total. The largest absolute Gasteiger partial charge is 0.294 e. The van der Waals surface area contributed by atoms with Gasteiger partial charge in [0, 0.05) is 22.4 Å². The Labute approximate surface area is 87.1 Å². The third kappa shape index (κ3) is 3.08. The maximum absolute atomic E-state index is 10.5. The van der Waals surface area contributed by atoms with Crippen LogP contribution in [0.3, 0.4) is 0 Å². The zero-order chi connectivity index (χ0) is 8.48. The maximum Gasteiger partial charge on any atom is 0.294 e. The Morgan fingerprint density at radius 3 is 1.92 bits per heavy atom. The molecule has 0 aromatic heterocycles. The maximum atomic E-state index is 10.5. The van der Waals surface area contributed by atoms with Gasteiger partial charge in [-0.05, 0) is 19.1 Å². The van der Waals surface area contributed by atoms with Crippen LogP contribution in [0.2, 0.25) is 0 Å². The van der Waals surface area contributed by atoms with Crippen LogP contribution in [0.1, 0.15) is 5.56 Å². The van der Waals surface area contributed by atoms with Crippen LogP contribution in [0.25, 0.3) is 0 Å². The van der Waals surface area contributed by atoms with Gasteiger partial charge in [0.15, 0.2) is 0 Å². The van der Waals surface area contributed by atoms with Crippen molar-refractivity contribution in [1.29, 1.82) is 0 Å². The minimum atomic E-state index is -4.02. The fraction of sp³-hybridized carbons (Fsp3) is 0.143. The minimum absolute atomic E-state index is 0. The zero-order valence-electron chi connectivity index (χ0n) is 6.28. The number of benzene rings is 1. The molecule has 0 atom stereocenters. The SMILES string of the molecule is Cc1ccc(S(=O)(=O)O)cc1.[Au]. The smallest absolute Gasteiger partial charge is 0.282 e. The van der Waals surface area contributed by atoms with E-state index in [1.165, 1.54) is 12.1 Å². The summed E-state index contributed by atoms with van der Waals surface area (Å²) in [6, 6.07) is 5.99. The molecule has 0 bridgehead atoms. The van der Waals surface area contributed by atoms with Crippen molar-refractivity contribution in [3.63, 3.8) is 0 Å². The fourth-order valence-electron chi connectivity index (χ4n) is 0.710. The first kappa shape index (κ1) is 11.9. The molecule has 0 spiro atoms. The second kappa shape index (κ2) is 4.20. The first-order chi connectivity index (χ1) is 5.00. The van der Waals surface area contributed by atoms with Crippen molar-refractivity contribution >= 4 is 10.1 Å². The molecule has 12 heavy (non-hydrogen) atoms. The summed E-state index contributed by atoms with van der Waals surface area (Å²) in [5.41, 5.74) is 0.956. The Kier molecular flexibility index (Phi) is 4.16. The van der Waals surface area contributed by atoms with Crippen molar-refractivity contribution in [2.45, 2.75) is 11.8 Å². The third-order valence-electron chi connectivity index (χ3n) is 1.32. The topological polar surface area (TPSA) is 54.4 Å². The molecular formula is C7H8AuO3S. The predicted octanol–water partition coefficient (Wildman–Crippen LogP) is 1.24. The van der Waals surface area contributed by atoms with Crippen LogP contribution in [0.5, 0.6) is 0 Å². The van der Waals surface area contributed by atoms with E-state index in [-0.39, 0.29) is 27.3 Å². The number of hydrogen-bond donors (Lipinski definition) is 1. The number of rotatable bonds is 1. The second-order valence-electron chi connectivity index (χ2n) is 2.29. The Morgan fingerprint density at radius 1 is 1.17 bits per heavy atom. The quantitative estimate of drug-likeness (QED) is 0.599. The molecular weight excluding hydrogens is 361 g/mol. The van der Waals surface area contributed by atoms with Crippen molar-refractivity contribution in [3.05, 3.63) is 29.8 Å². The van der Waals surface area contributed by atoms with Crippen molar-refractivity contribution in [2.24, 2.45) is 0 Å². The molecule has 0 amide bonds. The van der Waals surface area contributed by atoms with E-state index in [2.05, 4.69) is 0 Å². The van der Waals surface area contributed by atoms with Gasteiger partial charge in [-0.15, -0.1) is 0 Å². The minimum Gasteiger partial charge on any atom is -0.282 e. The molecule has 1 aromatic carbocycles. The molecule has 0 unspecified atom stereocenters. The Bertz CT molecular complexity index is 341. The first-order valence-electron chi connectivity index (χ1n) is 3.04. The van der Waals surface area contributed by atoms with Crippen LogP contribution in [0.15, 0.2) is 29.2 Å². The summed E-state index contributed by atoms with van der Waals surface area (Å²) in [6.07, 6.45) is 0. The standard InChI is InChI=1S/C7H8O3S.Au/c1-6-2-4-7(5-3-6)11(8,9)10;/h2-5H,1H3,(H,8,9,10);. The van der Waals surface area contributed by atoms with E-state index in [0.717, 1.165) is 5.56 Å². The molecule has 0 saturated heterocycles.